The molecule has 0 saturated heterocycles. The molecule has 4 nitrogen and oxygen atoms in total. The molecule has 2 N–H and O–H groups in total. The van der Waals surface area contributed by atoms with E-state index in [-0.39, 0.29) is 18.4 Å². The van der Waals surface area contributed by atoms with Crippen LogP contribution in [-0.4, -0.2) is 9.78 Å². The fraction of sp³-hybridized carbons (Fsp3) is 0.400. The highest BCUT2D eigenvalue weighted by molar-refractivity contribution is 5.30. The fourth-order valence-corrected chi connectivity index (χ4v) is 1.81. The van der Waals surface area contributed by atoms with E-state index >= 15 is 0 Å². The SMILES string of the molecule is CC(C)n1ccc(COc2ccc([C@H](C)N)cc2F)n1. The van der Waals surface area contributed by atoms with Gasteiger partial charge in [-0.05, 0) is 44.5 Å². The largest absolute Gasteiger partial charge is 0.484 e. The summed E-state index contributed by atoms with van der Waals surface area (Å²) in [7, 11) is 0. The maximum atomic E-state index is 13.8. The topological polar surface area (TPSA) is 53.1 Å². The van der Waals surface area contributed by atoms with Crippen molar-refractivity contribution < 1.29 is 9.13 Å². The van der Waals surface area contributed by atoms with Crippen LogP contribution < -0.4 is 10.5 Å². The molecule has 0 fully saturated rings. The van der Waals surface area contributed by atoms with Crippen molar-refractivity contribution in [3.63, 3.8) is 0 Å². The Morgan fingerprint density at radius 1 is 1.30 bits per heavy atom. The van der Waals surface area contributed by atoms with E-state index in [4.69, 9.17) is 10.5 Å². The van der Waals surface area contributed by atoms with Crippen molar-refractivity contribution in [2.45, 2.75) is 39.5 Å². The van der Waals surface area contributed by atoms with Crippen LogP contribution in [0.25, 0.3) is 0 Å². The molecule has 5 heteroatoms. The van der Waals surface area contributed by atoms with Crippen LogP contribution in [0.5, 0.6) is 5.75 Å². The van der Waals surface area contributed by atoms with Gasteiger partial charge < -0.3 is 10.5 Å². The Morgan fingerprint density at radius 3 is 2.60 bits per heavy atom. The van der Waals surface area contributed by atoms with Gasteiger partial charge >= 0.3 is 0 Å². The molecule has 2 rings (SSSR count). The highest BCUT2D eigenvalue weighted by Gasteiger charge is 2.09. The maximum absolute atomic E-state index is 13.8. The van der Waals surface area contributed by atoms with Crippen molar-refractivity contribution in [3.8, 4) is 5.75 Å². The summed E-state index contributed by atoms with van der Waals surface area (Å²) in [6, 6.07) is 6.76. The molecule has 20 heavy (non-hydrogen) atoms. The Balaban J connectivity index is 2.03. The lowest BCUT2D eigenvalue weighted by atomic mass is 10.1. The van der Waals surface area contributed by atoms with Crippen molar-refractivity contribution in [3.05, 3.63) is 47.5 Å². The molecule has 0 bridgehead atoms. The molecule has 108 valence electrons. The third-order valence-electron chi connectivity index (χ3n) is 3.05. The Bertz CT molecular complexity index is 578. The van der Waals surface area contributed by atoms with Gasteiger partial charge in [-0.1, -0.05) is 6.07 Å². The van der Waals surface area contributed by atoms with Crippen molar-refractivity contribution >= 4 is 0 Å². The Morgan fingerprint density at radius 2 is 2.05 bits per heavy atom. The summed E-state index contributed by atoms with van der Waals surface area (Å²) in [4.78, 5) is 0. The molecule has 0 aliphatic rings. The van der Waals surface area contributed by atoms with E-state index in [1.54, 1.807) is 12.1 Å². The van der Waals surface area contributed by atoms with Gasteiger partial charge in [0.1, 0.15) is 6.61 Å². The van der Waals surface area contributed by atoms with E-state index in [2.05, 4.69) is 5.10 Å². The molecule has 0 spiro atoms. The highest BCUT2D eigenvalue weighted by atomic mass is 19.1. The molecule has 0 saturated carbocycles. The van der Waals surface area contributed by atoms with Gasteiger partial charge in [0.15, 0.2) is 11.6 Å². The predicted molar refractivity (Wildman–Crippen MR) is 75.9 cm³/mol. The first-order valence-electron chi connectivity index (χ1n) is 6.69. The third kappa shape index (κ3) is 3.36. The second-order valence-electron chi connectivity index (χ2n) is 5.15. The molecule has 1 heterocycles. The minimum Gasteiger partial charge on any atom is -0.484 e. The van der Waals surface area contributed by atoms with Crippen molar-refractivity contribution in [2.24, 2.45) is 5.73 Å². The lowest BCUT2D eigenvalue weighted by molar-refractivity contribution is 0.283. The number of nitrogens with zero attached hydrogens (tertiary/aromatic N) is 2. The summed E-state index contributed by atoms with van der Waals surface area (Å²) in [5, 5.41) is 4.35. The molecule has 0 aliphatic carbocycles. The van der Waals surface area contributed by atoms with Crippen LogP contribution in [0.2, 0.25) is 0 Å². The molecule has 0 radical (unpaired) electrons. The van der Waals surface area contributed by atoms with Crippen molar-refractivity contribution in [1.82, 2.24) is 9.78 Å². The maximum Gasteiger partial charge on any atom is 0.165 e. The van der Waals surface area contributed by atoms with E-state index in [1.165, 1.54) is 6.07 Å². The van der Waals surface area contributed by atoms with Crippen LogP contribution in [0.15, 0.2) is 30.5 Å². The van der Waals surface area contributed by atoms with Crippen LogP contribution in [-0.2, 0) is 6.61 Å². The average Bonchev–Trinajstić information content (AvgIpc) is 2.86. The second kappa shape index (κ2) is 6.05. The lowest BCUT2D eigenvalue weighted by Crippen LogP contribution is -2.06. The van der Waals surface area contributed by atoms with Crippen LogP contribution in [0.1, 0.15) is 44.1 Å². The lowest BCUT2D eigenvalue weighted by Gasteiger charge is -2.09. The standard InChI is InChI=1S/C15H20FN3O/c1-10(2)19-7-6-13(18-19)9-20-15-5-4-12(11(3)17)8-14(15)16/h4-8,10-11H,9,17H2,1-3H3/t11-/m0/s1. The highest BCUT2D eigenvalue weighted by Crippen LogP contribution is 2.22. The Kier molecular flexibility index (Phi) is 4.39. The molecule has 1 aromatic carbocycles. The van der Waals surface area contributed by atoms with Crippen LogP contribution in [0, 0.1) is 5.82 Å². The summed E-state index contributed by atoms with van der Waals surface area (Å²) >= 11 is 0. The van der Waals surface area contributed by atoms with E-state index in [9.17, 15) is 4.39 Å². The zero-order chi connectivity index (χ0) is 14.7. The Labute approximate surface area is 118 Å². The summed E-state index contributed by atoms with van der Waals surface area (Å²) < 4.78 is 21.1. The first kappa shape index (κ1) is 14.5. The van der Waals surface area contributed by atoms with Crippen LogP contribution in [0.3, 0.4) is 0 Å². The predicted octanol–water partition coefficient (Wildman–Crippen LogP) is 3.20. The van der Waals surface area contributed by atoms with Gasteiger partial charge in [-0.25, -0.2) is 4.39 Å². The summed E-state index contributed by atoms with van der Waals surface area (Å²) in [5.74, 6) is -0.184. The first-order valence-corrected chi connectivity index (χ1v) is 6.69. The van der Waals surface area contributed by atoms with E-state index in [0.717, 1.165) is 11.3 Å². The van der Waals surface area contributed by atoms with Gasteiger partial charge in [-0.2, -0.15) is 5.10 Å². The molecule has 0 unspecified atom stereocenters. The van der Waals surface area contributed by atoms with Crippen LogP contribution in [0.4, 0.5) is 4.39 Å². The molecular formula is C15H20FN3O. The Hall–Kier alpha value is -1.88. The molecule has 2 aromatic rings. The van der Waals surface area contributed by atoms with Gasteiger partial charge in [0, 0.05) is 18.3 Å². The normalized spacial score (nSPS) is 12.7. The number of aromatic nitrogens is 2. The number of ether oxygens (including phenoxy) is 1. The van der Waals surface area contributed by atoms with Crippen molar-refractivity contribution in [1.29, 1.82) is 0 Å². The number of hydrogen-bond acceptors (Lipinski definition) is 3. The van der Waals surface area contributed by atoms with Gasteiger partial charge in [0.05, 0.1) is 5.69 Å². The van der Waals surface area contributed by atoms with Gasteiger partial charge in [-0.3, -0.25) is 4.68 Å². The summed E-state index contributed by atoms with van der Waals surface area (Å²) in [5.41, 5.74) is 7.23. The second-order valence-corrected chi connectivity index (χ2v) is 5.15. The first-order chi connectivity index (χ1) is 9.47. The summed E-state index contributed by atoms with van der Waals surface area (Å²) in [6.07, 6.45) is 1.89. The summed E-state index contributed by atoms with van der Waals surface area (Å²) in [6.45, 7) is 6.15. The molecular weight excluding hydrogens is 257 g/mol. The monoisotopic (exact) mass is 277 g/mol. The van der Waals surface area contributed by atoms with E-state index < -0.39 is 5.82 Å². The van der Waals surface area contributed by atoms with Crippen molar-refractivity contribution in [2.75, 3.05) is 0 Å². The third-order valence-corrected chi connectivity index (χ3v) is 3.05. The van der Waals surface area contributed by atoms with E-state index in [0.29, 0.717) is 6.04 Å². The molecule has 1 atom stereocenters. The van der Waals surface area contributed by atoms with Gasteiger partial charge in [0.25, 0.3) is 0 Å². The number of rotatable bonds is 5. The average molecular weight is 277 g/mol. The molecule has 1 aromatic heterocycles. The zero-order valence-corrected chi connectivity index (χ0v) is 12.0. The van der Waals surface area contributed by atoms with E-state index in [1.807, 2.05) is 37.7 Å². The smallest absolute Gasteiger partial charge is 0.165 e. The molecule has 0 amide bonds. The number of benzene rings is 1. The number of nitrogens with two attached hydrogens (primary N) is 1. The minimum absolute atomic E-state index is 0.194. The van der Waals surface area contributed by atoms with Gasteiger partial charge in [-0.15, -0.1) is 0 Å². The van der Waals surface area contributed by atoms with Crippen LogP contribution >= 0.6 is 0 Å². The zero-order valence-electron chi connectivity index (χ0n) is 12.0. The fourth-order valence-electron chi connectivity index (χ4n) is 1.81. The number of halogens is 1. The quantitative estimate of drug-likeness (QED) is 0.913. The minimum atomic E-state index is -0.400. The number of hydrogen-bond donors (Lipinski definition) is 1. The molecule has 0 aliphatic heterocycles. The van der Waals surface area contributed by atoms with Gasteiger partial charge in [0.2, 0.25) is 0 Å².